The van der Waals surface area contributed by atoms with E-state index in [0.717, 1.165) is 9.35 Å². The molecule has 0 saturated heterocycles. The molecular formula is C11H8Br2N2O2S. The number of halogens is 2. The zero-order valence-electron chi connectivity index (χ0n) is 9.02. The van der Waals surface area contributed by atoms with Gasteiger partial charge in [-0.1, -0.05) is 6.07 Å². The van der Waals surface area contributed by atoms with Crippen LogP contribution in [0.2, 0.25) is 0 Å². The van der Waals surface area contributed by atoms with Gasteiger partial charge in [0.1, 0.15) is 5.76 Å². The summed E-state index contributed by atoms with van der Waals surface area (Å²) in [7, 11) is 0. The summed E-state index contributed by atoms with van der Waals surface area (Å²) in [6, 6.07) is 5.57. The number of nitrogens with one attached hydrogen (secondary N) is 1. The number of hydrazone groups is 1. The second-order valence-electron chi connectivity index (χ2n) is 3.32. The maximum atomic E-state index is 11.5. The number of rotatable bonds is 4. The third-order valence-electron chi connectivity index (χ3n) is 1.96. The molecule has 2 aromatic heterocycles. The highest BCUT2D eigenvalue weighted by molar-refractivity contribution is 9.13. The third-order valence-corrected chi connectivity index (χ3v) is 4.55. The number of carbonyl (C=O) groups is 1. The largest absolute Gasteiger partial charge is 0.447 e. The van der Waals surface area contributed by atoms with Gasteiger partial charge in [-0.25, -0.2) is 5.43 Å². The molecule has 0 fully saturated rings. The fourth-order valence-corrected chi connectivity index (χ4v) is 2.52. The summed E-state index contributed by atoms with van der Waals surface area (Å²) in [6.45, 7) is 0. The van der Waals surface area contributed by atoms with Crippen molar-refractivity contribution in [1.29, 1.82) is 0 Å². The molecule has 0 bridgehead atoms. The maximum Gasteiger partial charge on any atom is 0.245 e. The van der Waals surface area contributed by atoms with Gasteiger partial charge >= 0.3 is 0 Å². The van der Waals surface area contributed by atoms with Crippen molar-refractivity contribution in [3.63, 3.8) is 0 Å². The van der Waals surface area contributed by atoms with E-state index in [2.05, 4.69) is 42.4 Å². The lowest BCUT2D eigenvalue weighted by molar-refractivity contribution is -0.120. The normalized spacial score (nSPS) is 11.0. The Morgan fingerprint density at radius 2 is 2.39 bits per heavy atom. The third kappa shape index (κ3) is 3.79. The molecule has 1 amide bonds. The van der Waals surface area contributed by atoms with Gasteiger partial charge in [0.05, 0.1) is 17.1 Å². The fraction of sp³-hybridized carbons (Fsp3) is 0.0909. The Balaban J connectivity index is 1.85. The Hall–Kier alpha value is -0.920. The molecule has 0 saturated carbocycles. The van der Waals surface area contributed by atoms with Crippen LogP contribution in [0.3, 0.4) is 0 Å². The first-order chi connectivity index (χ1) is 8.65. The summed E-state index contributed by atoms with van der Waals surface area (Å²) in [5.74, 6) is 0.392. The molecule has 4 nitrogen and oxygen atoms in total. The fourth-order valence-electron chi connectivity index (χ4n) is 1.21. The predicted octanol–water partition coefficient (Wildman–Crippen LogP) is 3.56. The van der Waals surface area contributed by atoms with Crippen LogP contribution >= 0.6 is 43.2 Å². The number of nitrogens with zero attached hydrogens (tertiary/aromatic N) is 1. The summed E-state index contributed by atoms with van der Waals surface area (Å²) >= 11 is 8.05. The molecule has 2 rings (SSSR count). The topological polar surface area (TPSA) is 54.6 Å². The van der Waals surface area contributed by atoms with Crippen molar-refractivity contribution >= 4 is 55.3 Å². The molecule has 0 aliphatic rings. The van der Waals surface area contributed by atoms with Gasteiger partial charge in [0.2, 0.25) is 5.91 Å². The lowest BCUT2D eigenvalue weighted by Gasteiger charge is -1.95. The van der Waals surface area contributed by atoms with Crippen molar-refractivity contribution in [2.45, 2.75) is 6.42 Å². The lowest BCUT2D eigenvalue weighted by Crippen LogP contribution is -2.19. The molecule has 2 heterocycles. The van der Waals surface area contributed by atoms with Crippen molar-refractivity contribution < 1.29 is 9.21 Å². The average molecular weight is 392 g/mol. The summed E-state index contributed by atoms with van der Waals surface area (Å²) in [6.07, 6.45) is 1.78. The molecule has 18 heavy (non-hydrogen) atoms. The van der Waals surface area contributed by atoms with Crippen molar-refractivity contribution in [3.8, 4) is 0 Å². The van der Waals surface area contributed by atoms with Crippen LogP contribution in [0.5, 0.6) is 0 Å². The second kappa shape index (κ2) is 6.31. The number of thiophene rings is 1. The summed E-state index contributed by atoms with van der Waals surface area (Å²) in [5.41, 5.74) is 2.44. The van der Waals surface area contributed by atoms with Gasteiger partial charge in [0, 0.05) is 10.9 Å². The van der Waals surface area contributed by atoms with Gasteiger partial charge in [-0.2, -0.15) is 5.10 Å². The van der Waals surface area contributed by atoms with Gasteiger partial charge in [-0.15, -0.1) is 11.3 Å². The number of amides is 1. The van der Waals surface area contributed by atoms with Crippen LogP contribution in [-0.4, -0.2) is 12.1 Å². The SMILES string of the molecule is O=C(Cc1cccs1)N/N=C\c1cc(Br)c(Br)o1. The van der Waals surface area contributed by atoms with Crippen LogP contribution in [0.4, 0.5) is 0 Å². The summed E-state index contributed by atoms with van der Waals surface area (Å²) < 4.78 is 6.66. The molecule has 0 aliphatic heterocycles. The molecule has 0 radical (unpaired) electrons. The van der Waals surface area contributed by atoms with Crippen LogP contribution in [0, 0.1) is 0 Å². The first-order valence-corrected chi connectivity index (χ1v) is 7.41. The molecule has 1 N–H and O–H groups in total. The van der Waals surface area contributed by atoms with Crippen molar-refractivity contribution in [1.82, 2.24) is 5.43 Å². The van der Waals surface area contributed by atoms with E-state index in [-0.39, 0.29) is 5.91 Å². The molecular weight excluding hydrogens is 384 g/mol. The van der Waals surface area contributed by atoms with E-state index in [1.54, 1.807) is 17.4 Å². The van der Waals surface area contributed by atoms with E-state index in [4.69, 9.17) is 4.42 Å². The number of hydrogen-bond acceptors (Lipinski definition) is 4. The minimum Gasteiger partial charge on any atom is -0.447 e. The number of hydrogen-bond donors (Lipinski definition) is 1. The first kappa shape index (κ1) is 13.5. The predicted molar refractivity (Wildman–Crippen MR) is 77.9 cm³/mol. The Kier molecular flexibility index (Phi) is 4.73. The monoisotopic (exact) mass is 390 g/mol. The van der Waals surface area contributed by atoms with Gasteiger partial charge in [-0.3, -0.25) is 4.79 Å². The van der Waals surface area contributed by atoms with E-state index < -0.39 is 0 Å². The van der Waals surface area contributed by atoms with E-state index >= 15 is 0 Å². The minimum atomic E-state index is -0.154. The summed E-state index contributed by atoms with van der Waals surface area (Å²) in [5, 5.41) is 5.76. The molecule has 0 atom stereocenters. The highest BCUT2D eigenvalue weighted by Gasteiger charge is 2.04. The van der Waals surface area contributed by atoms with Crippen LogP contribution < -0.4 is 5.43 Å². The van der Waals surface area contributed by atoms with E-state index in [1.807, 2.05) is 17.5 Å². The van der Waals surface area contributed by atoms with Gasteiger partial charge in [0.25, 0.3) is 0 Å². The van der Waals surface area contributed by atoms with Gasteiger partial charge in [-0.05, 0) is 43.3 Å². The zero-order valence-corrected chi connectivity index (χ0v) is 13.0. The van der Waals surface area contributed by atoms with Gasteiger partial charge < -0.3 is 4.42 Å². The van der Waals surface area contributed by atoms with Crippen molar-refractivity contribution in [3.05, 3.63) is 43.4 Å². The smallest absolute Gasteiger partial charge is 0.245 e. The van der Waals surface area contributed by atoms with E-state index in [0.29, 0.717) is 16.9 Å². The molecule has 0 unspecified atom stereocenters. The first-order valence-electron chi connectivity index (χ1n) is 4.94. The highest BCUT2D eigenvalue weighted by atomic mass is 79.9. The quantitative estimate of drug-likeness (QED) is 0.639. The van der Waals surface area contributed by atoms with E-state index in [1.165, 1.54) is 6.21 Å². The van der Waals surface area contributed by atoms with E-state index in [9.17, 15) is 4.79 Å². The van der Waals surface area contributed by atoms with Crippen LogP contribution in [0.25, 0.3) is 0 Å². The molecule has 2 aromatic rings. The molecule has 0 aromatic carbocycles. The molecule has 94 valence electrons. The molecule has 0 aliphatic carbocycles. The Labute approximate surface area is 124 Å². The van der Waals surface area contributed by atoms with Crippen LogP contribution in [0.15, 0.2) is 42.2 Å². The zero-order chi connectivity index (χ0) is 13.0. The van der Waals surface area contributed by atoms with Crippen LogP contribution in [0.1, 0.15) is 10.6 Å². The minimum absolute atomic E-state index is 0.154. The molecule has 0 spiro atoms. The Morgan fingerprint density at radius 1 is 1.56 bits per heavy atom. The highest BCUT2D eigenvalue weighted by Crippen LogP contribution is 2.25. The van der Waals surface area contributed by atoms with Crippen molar-refractivity contribution in [2.75, 3.05) is 0 Å². The Bertz CT molecular complexity index is 544. The van der Waals surface area contributed by atoms with Crippen molar-refractivity contribution in [2.24, 2.45) is 5.10 Å². The average Bonchev–Trinajstić information content (AvgIpc) is 2.90. The number of carbonyl (C=O) groups excluding carboxylic acids is 1. The molecule has 7 heteroatoms. The standard InChI is InChI=1S/C11H8Br2N2O2S/c12-9-4-7(17-11(9)13)6-14-15-10(16)5-8-2-1-3-18-8/h1-4,6H,5H2,(H,15,16)/b14-6-. The lowest BCUT2D eigenvalue weighted by atomic mass is 10.3. The number of furan rings is 1. The summed E-state index contributed by atoms with van der Waals surface area (Å²) in [4.78, 5) is 12.5. The second-order valence-corrected chi connectivity index (χ2v) is 5.93. The van der Waals surface area contributed by atoms with Crippen LogP contribution in [-0.2, 0) is 11.2 Å². The Morgan fingerprint density at radius 3 is 3.00 bits per heavy atom. The van der Waals surface area contributed by atoms with Gasteiger partial charge in [0.15, 0.2) is 4.67 Å². The maximum absolute atomic E-state index is 11.5.